The van der Waals surface area contributed by atoms with Crippen LogP contribution in [0.2, 0.25) is 0 Å². The summed E-state index contributed by atoms with van der Waals surface area (Å²) in [4.78, 5) is 2.53. The van der Waals surface area contributed by atoms with Crippen molar-refractivity contribution in [3.05, 3.63) is 342 Å². The van der Waals surface area contributed by atoms with Crippen molar-refractivity contribution >= 4 is 27.8 Å². The third kappa shape index (κ3) is 5.99. The van der Waals surface area contributed by atoms with Gasteiger partial charge in [-0.15, -0.1) is 0 Å². The van der Waals surface area contributed by atoms with Gasteiger partial charge in [-0.3, -0.25) is 0 Å². The molecule has 0 amide bonds. The Morgan fingerprint density at radius 1 is 0.203 bits per heavy atom. The molecule has 17 rings (SSSR count). The van der Waals surface area contributed by atoms with Gasteiger partial charge < -0.3 is 4.90 Å². The summed E-state index contributed by atoms with van der Waals surface area (Å²) in [7, 11) is 0. The normalized spacial score (nSPS) is 13.8. The van der Waals surface area contributed by atoms with Crippen LogP contribution in [0.15, 0.2) is 297 Å². The number of hydrogen-bond acceptors (Lipinski definition) is 1. The molecule has 4 aliphatic rings. The van der Waals surface area contributed by atoms with Crippen LogP contribution in [0.4, 0.5) is 17.1 Å². The standard InChI is InChI=1S/C78H49N/c1-2-18-50(19-3-1)51-34-36-54(37-35-51)76-58-21-5-4-20-52(58)40-45-59(76)53-38-41-55(42-39-53)79(56-43-46-66-64-26-10-16-32-72(64)77(74(66)48-56)68-28-12-6-22-60(68)61-23-7-13-29-69(61)77)57-44-47-67-65-27-11-17-33-73(65)78(75(67)49-57)70-30-14-8-24-62(70)63-25-9-15-31-71(63)78/h1-49H. The van der Waals surface area contributed by atoms with E-state index in [4.69, 9.17) is 0 Å². The van der Waals surface area contributed by atoms with Crippen molar-refractivity contribution in [3.8, 4) is 77.9 Å². The molecular weight excluding hydrogens is 951 g/mol. The minimum atomic E-state index is -0.489. The molecule has 1 heteroatoms. The zero-order chi connectivity index (χ0) is 51.8. The van der Waals surface area contributed by atoms with Crippen LogP contribution in [0.1, 0.15) is 44.5 Å². The summed E-state index contributed by atoms with van der Waals surface area (Å²) >= 11 is 0. The molecule has 0 aromatic heterocycles. The lowest BCUT2D eigenvalue weighted by atomic mass is 9.70. The van der Waals surface area contributed by atoms with Crippen LogP contribution in [-0.4, -0.2) is 0 Å². The molecule has 79 heavy (non-hydrogen) atoms. The number of fused-ring (bicyclic) bond motifs is 21. The highest BCUT2D eigenvalue weighted by molar-refractivity contribution is 6.05. The van der Waals surface area contributed by atoms with Crippen LogP contribution in [0.3, 0.4) is 0 Å². The summed E-state index contributed by atoms with van der Waals surface area (Å²) in [5.74, 6) is 0. The monoisotopic (exact) mass is 999 g/mol. The van der Waals surface area contributed by atoms with Gasteiger partial charge in [0, 0.05) is 17.1 Å². The Kier molecular flexibility index (Phi) is 9.33. The maximum absolute atomic E-state index is 2.53. The molecule has 0 bridgehead atoms. The van der Waals surface area contributed by atoms with E-state index in [2.05, 4.69) is 302 Å². The van der Waals surface area contributed by atoms with E-state index < -0.39 is 10.8 Å². The van der Waals surface area contributed by atoms with Crippen LogP contribution in [-0.2, 0) is 10.8 Å². The lowest BCUT2D eigenvalue weighted by molar-refractivity contribution is 0.792. The molecule has 2 spiro atoms. The zero-order valence-electron chi connectivity index (χ0n) is 43.2. The highest BCUT2D eigenvalue weighted by Gasteiger charge is 2.53. The second-order valence-corrected chi connectivity index (χ2v) is 21.8. The van der Waals surface area contributed by atoms with E-state index in [1.165, 1.54) is 133 Å². The summed E-state index contributed by atoms with van der Waals surface area (Å²) in [5, 5.41) is 2.47. The van der Waals surface area contributed by atoms with Crippen molar-refractivity contribution in [2.24, 2.45) is 0 Å². The van der Waals surface area contributed by atoms with E-state index in [0.717, 1.165) is 17.1 Å². The fourth-order valence-electron chi connectivity index (χ4n) is 15.0. The average Bonchev–Trinajstić information content (AvgIpc) is 4.05. The molecule has 0 saturated heterocycles. The van der Waals surface area contributed by atoms with Gasteiger partial charge in [0.05, 0.1) is 10.8 Å². The van der Waals surface area contributed by atoms with Gasteiger partial charge >= 0.3 is 0 Å². The van der Waals surface area contributed by atoms with Gasteiger partial charge in [0.15, 0.2) is 0 Å². The number of nitrogens with zero attached hydrogens (tertiary/aromatic N) is 1. The SMILES string of the molecule is c1ccc(-c2ccc(-c3c(-c4ccc(N(c5ccc6c(c5)C5(c7ccccc7-c7ccccc75)c5ccccc5-6)c5ccc6c(c5)C5(c7ccccc7-c7ccccc75)c5ccccc5-6)cc4)ccc4ccccc34)cc2)cc1. The molecule has 0 N–H and O–H groups in total. The van der Waals surface area contributed by atoms with Gasteiger partial charge in [-0.25, -0.2) is 0 Å². The summed E-state index contributed by atoms with van der Waals surface area (Å²) in [6.45, 7) is 0. The lowest BCUT2D eigenvalue weighted by Gasteiger charge is -2.33. The Morgan fingerprint density at radius 2 is 0.532 bits per heavy atom. The smallest absolute Gasteiger partial charge is 0.0726 e. The van der Waals surface area contributed by atoms with Gasteiger partial charge in [0.25, 0.3) is 0 Å². The van der Waals surface area contributed by atoms with Crippen LogP contribution in [0.5, 0.6) is 0 Å². The molecule has 0 heterocycles. The van der Waals surface area contributed by atoms with Crippen LogP contribution < -0.4 is 4.90 Å². The summed E-state index contributed by atoms with van der Waals surface area (Å²) in [6, 6.07) is 112. The minimum Gasteiger partial charge on any atom is -0.310 e. The molecule has 13 aromatic rings. The zero-order valence-corrected chi connectivity index (χ0v) is 43.2. The molecular formula is C78H49N. The third-order valence-electron chi connectivity index (χ3n) is 18.1. The lowest BCUT2D eigenvalue weighted by Crippen LogP contribution is -2.26. The molecule has 0 saturated carbocycles. The maximum atomic E-state index is 2.53. The van der Waals surface area contributed by atoms with Crippen LogP contribution in [0.25, 0.3) is 88.7 Å². The Bertz CT molecular complexity index is 4340. The second kappa shape index (κ2) is 16.7. The Morgan fingerprint density at radius 3 is 0.987 bits per heavy atom. The van der Waals surface area contributed by atoms with Crippen molar-refractivity contribution in [2.75, 3.05) is 4.90 Å². The van der Waals surface area contributed by atoms with Crippen molar-refractivity contribution in [1.29, 1.82) is 0 Å². The van der Waals surface area contributed by atoms with Crippen molar-refractivity contribution in [1.82, 2.24) is 0 Å². The number of benzene rings is 13. The summed E-state index contributed by atoms with van der Waals surface area (Å²) in [6.07, 6.45) is 0. The predicted molar refractivity (Wildman–Crippen MR) is 328 cm³/mol. The van der Waals surface area contributed by atoms with Gasteiger partial charge in [0.1, 0.15) is 0 Å². The predicted octanol–water partition coefficient (Wildman–Crippen LogP) is 20.0. The molecule has 0 unspecified atom stereocenters. The molecule has 366 valence electrons. The Labute approximate surface area is 460 Å². The van der Waals surface area contributed by atoms with E-state index in [9.17, 15) is 0 Å². The van der Waals surface area contributed by atoms with Gasteiger partial charge in [-0.1, -0.05) is 261 Å². The van der Waals surface area contributed by atoms with Crippen LogP contribution >= 0.6 is 0 Å². The van der Waals surface area contributed by atoms with Crippen LogP contribution in [0, 0.1) is 0 Å². The van der Waals surface area contributed by atoms with E-state index in [1.807, 2.05) is 0 Å². The van der Waals surface area contributed by atoms with E-state index >= 15 is 0 Å². The largest absolute Gasteiger partial charge is 0.310 e. The molecule has 0 atom stereocenters. The Balaban J connectivity index is 0.887. The second-order valence-electron chi connectivity index (χ2n) is 21.8. The number of rotatable bonds is 6. The molecule has 0 fully saturated rings. The summed E-state index contributed by atoms with van der Waals surface area (Å²) in [5.41, 5.74) is 30.6. The van der Waals surface area contributed by atoms with Crippen molar-refractivity contribution in [3.63, 3.8) is 0 Å². The van der Waals surface area contributed by atoms with E-state index in [0.29, 0.717) is 0 Å². The first-order chi connectivity index (χ1) is 39.2. The first kappa shape index (κ1) is 44.1. The summed E-state index contributed by atoms with van der Waals surface area (Å²) < 4.78 is 0. The minimum absolute atomic E-state index is 0.489. The van der Waals surface area contributed by atoms with Gasteiger partial charge in [0.2, 0.25) is 0 Å². The fraction of sp³-hybridized carbons (Fsp3) is 0.0256. The van der Waals surface area contributed by atoms with Crippen molar-refractivity contribution < 1.29 is 0 Å². The fourth-order valence-corrected chi connectivity index (χ4v) is 15.0. The molecule has 0 aliphatic heterocycles. The van der Waals surface area contributed by atoms with E-state index in [-0.39, 0.29) is 0 Å². The molecule has 1 nitrogen and oxygen atoms in total. The molecule has 4 aliphatic carbocycles. The number of hydrogen-bond donors (Lipinski definition) is 0. The highest BCUT2D eigenvalue weighted by Crippen LogP contribution is 2.65. The first-order valence-electron chi connectivity index (χ1n) is 27.7. The average molecular weight is 1000 g/mol. The maximum Gasteiger partial charge on any atom is 0.0726 e. The third-order valence-corrected chi connectivity index (χ3v) is 18.1. The van der Waals surface area contributed by atoms with Gasteiger partial charge in [-0.2, -0.15) is 0 Å². The number of anilines is 3. The van der Waals surface area contributed by atoms with E-state index in [1.54, 1.807) is 0 Å². The quantitative estimate of drug-likeness (QED) is 0.160. The first-order valence-corrected chi connectivity index (χ1v) is 27.7. The molecule has 0 radical (unpaired) electrons. The van der Waals surface area contributed by atoms with Gasteiger partial charge in [-0.05, 0) is 170 Å². The molecule has 13 aromatic carbocycles. The van der Waals surface area contributed by atoms with Crippen molar-refractivity contribution in [2.45, 2.75) is 10.8 Å². The Hall–Kier alpha value is -10.1. The topological polar surface area (TPSA) is 3.24 Å². The highest BCUT2D eigenvalue weighted by atomic mass is 15.1.